The van der Waals surface area contributed by atoms with Crippen LogP contribution < -0.4 is 0 Å². The Bertz CT molecular complexity index is 465. The lowest BCUT2D eigenvalue weighted by Crippen LogP contribution is -2.40. The van der Waals surface area contributed by atoms with E-state index < -0.39 is 0 Å². The molecule has 1 heterocycles. The van der Waals surface area contributed by atoms with Gasteiger partial charge in [-0.3, -0.25) is 4.79 Å². The minimum absolute atomic E-state index is 0.0802. The van der Waals surface area contributed by atoms with Crippen LogP contribution in [-0.2, 0) is 0 Å². The fraction of sp³-hybridized carbons (Fsp3) is 0.500. The second-order valence-electron chi connectivity index (χ2n) is 4.87. The van der Waals surface area contributed by atoms with Gasteiger partial charge in [-0.2, -0.15) is 0 Å². The lowest BCUT2D eigenvalue weighted by Gasteiger charge is -2.32. The lowest BCUT2D eigenvalue weighted by atomic mass is 9.95. The monoisotopic (exact) mass is 363 g/mol. The van der Waals surface area contributed by atoms with E-state index >= 15 is 0 Å². The van der Waals surface area contributed by atoms with E-state index in [-0.39, 0.29) is 5.91 Å². The number of alkyl halides is 1. The van der Waals surface area contributed by atoms with Gasteiger partial charge in [0.15, 0.2) is 0 Å². The molecule has 1 unspecified atom stereocenters. The normalized spacial score (nSPS) is 19.5. The van der Waals surface area contributed by atoms with Crippen LogP contribution in [0, 0.1) is 5.92 Å². The smallest absolute Gasteiger partial charge is 0.253 e. The van der Waals surface area contributed by atoms with Gasteiger partial charge in [-0.15, -0.1) is 11.6 Å². The van der Waals surface area contributed by atoms with Crippen molar-refractivity contribution in [2.45, 2.75) is 19.3 Å². The number of rotatable bonds is 3. The van der Waals surface area contributed by atoms with Crippen molar-refractivity contribution in [1.29, 1.82) is 0 Å². The van der Waals surface area contributed by atoms with Gasteiger partial charge in [0.2, 0.25) is 0 Å². The minimum atomic E-state index is 0.0802. The molecule has 5 heteroatoms. The third kappa shape index (κ3) is 3.87. The zero-order chi connectivity index (χ0) is 13.8. The summed E-state index contributed by atoms with van der Waals surface area (Å²) in [5.74, 6) is 1.28. The fourth-order valence-corrected chi connectivity index (χ4v) is 3.26. The van der Waals surface area contributed by atoms with Gasteiger partial charge >= 0.3 is 0 Å². The highest BCUT2D eigenvalue weighted by Gasteiger charge is 2.24. The molecule has 2 rings (SSSR count). The number of hydrogen-bond donors (Lipinski definition) is 0. The van der Waals surface area contributed by atoms with Crippen LogP contribution in [0.2, 0.25) is 5.02 Å². The molecule has 0 bridgehead atoms. The first-order valence-electron chi connectivity index (χ1n) is 6.42. The summed E-state index contributed by atoms with van der Waals surface area (Å²) < 4.78 is 0.759. The molecule has 0 saturated carbocycles. The van der Waals surface area contributed by atoms with Crippen molar-refractivity contribution >= 4 is 45.0 Å². The van der Waals surface area contributed by atoms with Crippen LogP contribution in [0.4, 0.5) is 0 Å². The highest BCUT2D eigenvalue weighted by Crippen LogP contribution is 2.26. The number of benzene rings is 1. The molecule has 1 fully saturated rings. The summed E-state index contributed by atoms with van der Waals surface area (Å²) >= 11 is 15.1. The Morgan fingerprint density at radius 1 is 1.47 bits per heavy atom. The quantitative estimate of drug-likeness (QED) is 0.718. The third-order valence-corrected chi connectivity index (χ3v) is 4.92. The van der Waals surface area contributed by atoms with E-state index in [0.29, 0.717) is 22.4 Å². The molecular formula is C14H16BrCl2NO. The van der Waals surface area contributed by atoms with Crippen LogP contribution in [0.25, 0.3) is 0 Å². The van der Waals surface area contributed by atoms with Crippen molar-refractivity contribution in [1.82, 2.24) is 4.90 Å². The summed E-state index contributed by atoms with van der Waals surface area (Å²) in [6.07, 6.45) is 3.21. The Hall–Kier alpha value is -0.250. The summed E-state index contributed by atoms with van der Waals surface area (Å²) in [5.41, 5.74) is 0.683. The molecule has 19 heavy (non-hydrogen) atoms. The Labute approximate surface area is 132 Å². The van der Waals surface area contributed by atoms with Crippen molar-refractivity contribution in [3.05, 3.63) is 33.3 Å². The fourth-order valence-electron chi connectivity index (χ4n) is 2.45. The number of amides is 1. The van der Waals surface area contributed by atoms with Crippen LogP contribution in [0.3, 0.4) is 0 Å². The molecular weight excluding hydrogens is 349 g/mol. The molecule has 2 nitrogen and oxygen atoms in total. The molecule has 0 aliphatic carbocycles. The Morgan fingerprint density at radius 2 is 2.26 bits per heavy atom. The van der Waals surface area contributed by atoms with E-state index in [1.165, 1.54) is 6.42 Å². The first-order chi connectivity index (χ1) is 9.11. The molecule has 0 spiro atoms. The maximum atomic E-state index is 12.4. The lowest BCUT2D eigenvalue weighted by molar-refractivity contribution is 0.0671. The van der Waals surface area contributed by atoms with Gasteiger partial charge in [0.1, 0.15) is 0 Å². The number of halogens is 3. The summed E-state index contributed by atoms with van der Waals surface area (Å²) in [5, 5.41) is 0.621. The molecule has 1 aromatic carbocycles. The molecule has 104 valence electrons. The number of piperidine rings is 1. The van der Waals surface area contributed by atoms with Crippen molar-refractivity contribution in [3.63, 3.8) is 0 Å². The number of carbonyl (C=O) groups is 1. The van der Waals surface area contributed by atoms with Gasteiger partial charge in [-0.25, -0.2) is 0 Å². The maximum absolute atomic E-state index is 12.4. The first-order valence-corrected chi connectivity index (χ1v) is 8.12. The molecule has 1 saturated heterocycles. The van der Waals surface area contributed by atoms with Crippen molar-refractivity contribution in [2.24, 2.45) is 5.92 Å². The van der Waals surface area contributed by atoms with Crippen LogP contribution in [-0.4, -0.2) is 29.8 Å². The highest BCUT2D eigenvalue weighted by molar-refractivity contribution is 9.10. The predicted molar refractivity (Wildman–Crippen MR) is 83.1 cm³/mol. The summed E-state index contributed by atoms with van der Waals surface area (Å²) in [7, 11) is 0. The Morgan fingerprint density at radius 3 is 2.95 bits per heavy atom. The first kappa shape index (κ1) is 15.1. The molecule has 0 radical (unpaired) electrons. The average Bonchev–Trinajstić information content (AvgIpc) is 2.42. The molecule has 1 amide bonds. The third-order valence-electron chi connectivity index (χ3n) is 3.49. The van der Waals surface area contributed by atoms with Gasteiger partial charge < -0.3 is 4.90 Å². The average molecular weight is 365 g/mol. The largest absolute Gasteiger partial charge is 0.338 e. The number of hydrogen-bond acceptors (Lipinski definition) is 1. The number of carbonyl (C=O) groups excluding carboxylic acids is 1. The Balaban J connectivity index is 2.08. The highest BCUT2D eigenvalue weighted by atomic mass is 79.9. The van der Waals surface area contributed by atoms with Crippen LogP contribution in [0.1, 0.15) is 29.6 Å². The van der Waals surface area contributed by atoms with E-state index in [2.05, 4.69) is 15.9 Å². The van der Waals surface area contributed by atoms with Gasteiger partial charge in [0, 0.05) is 29.0 Å². The van der Waals surface area contributed by atoms with E-state index in [1.54, 1.807) is 18.2 Å². The van der Waals surface area contributed by atoms with Crippen molar-refractivity contribution in [3.8, 4) is 0 Å². The van der Waals surface area contributed by atoms with Crippen LogP contribution in [0.15, 0.2) is 22.7 Å². The van der Waals surface area contributed by atoms with Crippen molar-refractivity contribution < 1.29 is 4.79 Å². The van der Waals surface area contributed by atoms with Crippen molar-refractivity contribution in [2.75, 3.05) is 19.0 Å². The van der Waals surface area contributed by atoms with E-state index in [1.807, 2.05) is 4.90 Å². The van der Waals surface area contributed by atoms with E-state index in [9.17, 15) is 4.79 Å². The molecule has 1 aliphatic rings. The van der Waals surface area contributed by atoms with E-state index in [4.69, 9.17) is 23.2 Å². The summed E-state index contributed by atoms with van der Waals surface area (Å²) in [6.45, 7) is 1.64. The van der Waals surface area contributed by atoms with E-state index in [0.717, 1.165) is 30.4 Å². The molecule has 1 aliphatic heterocycles. The van der Waals surface area contributed by atoms with Gasteiger partial charge in [-0.05, 0) is 59.3 Å². The summed E-state index contributed by atoms with van der Waals surface area (Å²) in [6, 6.07) is 5.31. The molecule has 0 aromatic heterocycles. The minimum Gasteiger partial charge on any atom is -0.338 e. The summed E-state index contributed by atoms with van der Waals surface area (Å²) in [4.78, 5) is 14.4. The van der Waals surface area contributed by atoms with Gasteiger partial charge in [-0.1, -0.05) is 11.6 Å². The SMILES string of the molecule is O=C(c1ccc(Cl)c(Br)c1)N1CCCC(CCCl)C1. The number of likely N-dealkylation sites (tertiary alicyclic amines) is 1. The van der Waals surface area contributed by atoms with Crippen LogP contribution >= 0.6 is 39.1 Å². The number of nitrogens with zero attached hydrogens (tertiary/aromatic N) is 1. The maximum Gasteiger partial charge on any atom is 0.253 e. The second kappa shape index (κ2) is 6.96. The topological polar surface area (TPSA) is 20.3 Å². The molecule has 0 N–H and O–H groups in total. The predicted octanol–water partition coefficient (Wildman–Crippen LogP) is 4.58. The molecule has 1 aromatic rings. The van der Waals surface area contributed by atoms with Gasteiger partial charge in [0.05, 0.1) is 5.02 Å². The van der Waals surface area contributed by atoms with Gasteiger partial charge in [0.25, 0.3) is 5.91 Å². The zero-order valence-electron chi connectivity index (χ0n) is 10.5. The zero-order valence-corrected chi connectivity index (χ0v) is 13.6. The standard InChI is InChI=1S/C14H16BrCl2NO/c15-12-8-11(3-4-13(12)17)14(19)18-7-1-2-10(9-18)5-6-16/h3-4,8,10H,1-2,5-7,9H2. The van der Waals surface area contributed by atoms with Crippen LogP contribution in [0.5, 0.6) is 0 Å². The second-order valence-corrected chi connectivity index (χ2v) is 6.51. The molecule has 1 atom stereocenters. The Kier molecular flexibility index (Phi) is 5.55.